The highest BCUT2D eigenvalue weighted by Gasteiger charge is 1.98. The van der Waals surface area contributed by atoms with E-state index in [0.29, 0.717) is 5.57 Å². The molecule has 0 aromatic heterocycles. The lowest BCUT2D eigenvalue weighted by Crippen LogP contribution is -1.95. The lowest BCUT2D eigenvalue weighted by molar-refractivity contribution is -0.132. The van der Waals surface area contributed by atoms with Crippen LogP contribution in [0.4, 0.5) is 0 Å². The molecule has 0 aliphatic heterocycles. The fourth-order valence-electron chi connectivity index (χ4n) is 1.81. The molecule has 17 heavy (non-hydrogen) atoms. The molecule has 0 fully saturated rings. The Morgan fingerprint density at radius 3 is 2.12 bits per heavy atom. The van der Waals surface area contributed by atoms with Crippen LogP contribution >= 0.6 is 0 Å². The van der Waals surface area contributed by atoms with Crippen LogP contribution in [-0.2, 0) is 4.79 Å². The predicted molar refractivity (Wildman–Crippen MR) is 73.2 cm³/mol. The van der Waals surface area contributed by atoms with E-state index < -0.39 is 5.97 Å². The lowest BCUT2D eigenvalue weighted by Gasteiger charge is -2.03. The van der Waals surface area contributed by atoms with Crippen molar-refractivity contribution in [2.75, 3.05) is 0 Å². The number of hydrogen-bond donors (Lipinski definition) is 1. The maximum absolute atomic E-state index is 10.5. The van der Waals surface area contributed by atoms with Crippen LogP contribution in [0, 0.1) is 5.92 Å². The molecule has 0 aromatic carbocycles. The first kappa shape index (κ1) is 16.2. The van der Waals surface area contributed by atoms with Crippen molar-refractivity contribution in [3.05, 3.63) is 11.6 Å². The zero-order valence-corrected chi connectivity index (χ0v) is 11.7. The van der Waals surface area contributed by atoms with Crippen molar-refractivity contribution in [2.24, 2.45) is 5.92 Å². The summed E-state index contributed by atoms with van der Waals surface area (Å²) in [5.74, 6) is 0.0396. The van der Waals surface area contributed by atoms with E-state index in [0.717, 1.165) is 18.8 Å². The van der Waals surface area contributed by atoms with Crippen LogP contribution in [0.25, 0.3) is 0 Å². The van der Waals surface area contributed by atoms with Gasteiger partial charge in [-0.25, -0.2) is 4.79 Å². The second-order valence-electron chi connectivity index (χ2n) is 5.28. The van der Waals surface area contributed by atoms with E-state index in [9.17, 15) is 4.79 Å². The summed E-state index contributed by atoms with van der Waals surface area (Å²) in [5, 5.41) is 8.66. The van der Waals surface area contributed by atoms with Crippen molar-refractivity contribution < 1.29 is 9.90 Å². The van der Waals surface area contributed by atoms with E-state index in [4.69, 9.17) is 5.11 Å². The summed E-state index contributed by atoms with van der Waals surface area (Å²) in [6.45, 7) is 6.21. The third-order valence-corrected chi connectivity index (χ3v) is 3.02. The molecule has 2 nitrogen and oxygen atoms in total. The van der Waals surface area contributed by atoms with Gasteiger partial charge < -0.3 is 5.11 Å². The highest BCUT2D eigenvalue weighted by Crippen LogP contribution is 2.12. The molecule has 100 valence electrons. The second kappa shape index (κ2) is 10.4. The van der Waals surface area contributed by atoms with Crippen LogP contribution in [0.1, 0.15) is 72.1 Å². The largest absolute Gasteiger partial charge is 0.478 e. The molecule has 1 N–H and O–H groups in total. The zero-order valence-electron chi connectivity index (χ0n) is 11.7. The van der Waals surface area contributed by atoms with E-state index >= 15 is 0 Å². The Hall–Kier alpha value is -0.790. The van der Waals surface area contributed by atoms with Gasteiger partial charge in [0.2, 0.25) is 0 Å². The summed E-state index contributed by atoms with van der Waals surface area (Å²) in [5.41, 5.74) is 0.474. The number of carboxylic acids is 1. The highest BCUT2D eigenvalue weighted by atomic mass is 16.4. The first-order chi connectivity index (χ1) is 8.04. The Morgan fingerprint density at radius 1 is 1.06 bits per heavy atom. The molecule has 0 rings (SSSR count). The van der Waals surface area contributed by atoms with Crippen molar-refractivity contribution in [3.8, 4) is 0 Å². The fourth-order valence-corrected chi connectivity index (χ4v) is 1.81. The minimum atomic E-state index is -0.793. The maximum Gasteiger partial charge on any atom is 0.330 e. The second-order valence-corrected chi connectivity index (χ2v) is 5.28. The van der Waals surface area contributed by atoms with Gasteiger partial charge in [-0.3, -0.25) is 0 Å². The van der Waals surface area contributed by atoms with Crippen LogP contribution in [0.3, 0.4) is 0 Å². The van der Waals surface area contributed by atoms with Crippen molar-refractivity contribution in [1.29, 1.82) is 0 Å². The number of carbonyl (C=O) groups is 1. The average Bonchev–Trinajstić information content (AvgIpc) is 2.25. The molecule has 0 amide bonds. The molecule has 0 saturated carbocycles. The van der Waals surface area contributed by atoms with Gasteiger partial charge in [0.15, 0.2) is 0 Å². The van der Waals surface area contributed by atoms with E-state index in [1.807, 2.05) is 6.08 Å². The summed E-state index contributed by atoms with van der Waals surface area (Å²) >= 11 is 0. The molecular formula is C15H28O2. The Balaban J connectivity index is 3.24. The Bertz CT molecular complexity index is 229. The minimum absolute atomic E-state index is 0.474. The molecule has 0 heterocycles. The number of rotatable bonds is 10. The van der Waals surface area contributed by atoms with Gasteiger partial charge in [0.1, 0.15) is 0 Å². The molecule has 0 radical (unpaired) electrons. The highest BCUT2D eigenvalue weighted by molar-refractivity contribution is 5.85. The quantitative estimate of drug-likeness (QED) is 0.440. The molecule has 0 unspecified atom stereocenters. The van der Waals surface area contributed by atoms with E-state index in [2.05, 4.69) is 13.8 Å². The monoisotopic (exact) mass is 240 g/mol. The van der Waals surface area contributed by atoms with Crippen molar-refractivity contribution in [1.82, 2.24) is 0 Å². The fraction of sp³-hybridized carbons (Fsp3) is 0.800. The van der Waals surface area contributed by atoms with Gasteiger partial charge in [0.05, 0.1) is 0 Å². The number of allylic oxidation sites excluding steroid dienone is 1. The van der Waals surface area contributed by atoms with Crippen LogP contribution in [0.15, 0.2) is 11.6 Å². The Labute approximate surface area is 106 Å². The van der Waals surface area contributed by atoms with Crippen LogP contribution in [0.2, 0.25) is 0 Å². The predicted octanol–water partition coefficient (Wildman–Crippen LogP) is 4.79. The topological polar surface area (TPSA) is 37.3 Å². The summed E-state index contributed by atoms with van der Waals surface area (Å²) in [4.78, 5) is 10.5. The number of hydrogen-bond acceptors (Lipinski definition) is 1. The van der Waals surface area contributed by atoms with E-state index in [1.165, 1.54) is 38.5 Å². The number of aliphatic carboxylic acids is 1. The minimum Gasteiger partial charge on any atom is -0.478 e. The molecule has 0 atom stereocenters. The Morgan fingerprint density at radius 2 is 1.59 bits per heavy atom. The van der Waals surface area contributed by atoms with Crippen molar-refractivity contribution >= 4 is 5.97 Å². The van der Waals surface area contributed by atoms with E-state index in [-0.39, 0.29) is 0 Å². The number of unbranched alkanes of at least 4 members (excludes halogenated alkanes) is 6. The van der Waals surface area contributed by atoms with Gasteiger partial charge in [-0.15, -0.1) is 0 Å². The smallest absolute Gasteiger partial charge is 0.330 e. The van der Waals surface area contributed by atoms with Gasteiger partial charge >= 0.3 is 5.97 Å². The van der Waals surface area contributed by atoms with Crippen LogP contribution in [-0.4, -0.2) is 11.1 Å². The van der Waals surface area contributed by atoms with Gasteiger partial charge in [-0.1, -0.05) is 58.4 Å². The van der Waals surface area contributed by atoms with Gasteiger partial charge in [0, 0.05) is 5.57 Å². The van der Waals surface area contributed by atoms with E-state index in [1.54, 1.807) is 6.92 Å². The summed E-state index contributed by atoms with van der Waals surface area (Å²) in [7, 11) is 0. The average molecular weight is 240 g/mol. The van der Waals surface area contributed by atoms with Gasteiger partial charge in [0.25, 0.3) is 0 Å². The van der Waals surface area contributed by atoms with Gasteiger partial charge in [-0.05, 0) is 25.7 Å². The third kappa shape index (κ3) is 11.5. The summed E-state index contributed by atoms with van der Waals surface area (Å²) in [6.07, 6.45) is 11.8. The molecule has 0 bridgehead atoms. The summed E-state index contributed by atoms with van der Waals surface area (Å²) < 4.78 is 0. The van der Waals surface area contributed by atoms with Crippen molar-refractivity contribution in [2.45, 2.75) is 72.1 Å². The first-order valence-corrected chi connectivity index (χ1v) is 6.94. The zero-order chi connectivity index (χ0) is 13.1. The molecule has 0 aliphatic rings. The summed E-state index contributed by atoms with van der Waals surface area (Å²) in [6, 6.07) is 0. The maximum atomic E-state index is 10.5. The van der Waals surface area contributed by atoms with Crippen LogP contribution in [0.5, 0.6) is 0 Å². The lowest BCUT2D eigenvalue weighted by atomic mass is 10.0. The SMILES string of the molecule is CC(=CCCCCCCCCC(C)C)C(=O)O. The van der Waals surface area contributed by atoms with Crippen LogP contribution < -0.4 is 0 Å². The molecular weight excluding hydrogens is 212 g/mol. The standard InChI is InChI=1S/C15H28O2/c1-13(2)11-9-7-5-4-6-8-10-12-14(3)15(16)17/h12-13H,4-11H2,1-3H3,(H,16,17). The molecule has 0 aliphatic carbocycles. The molecule has 0 saturated heterocycles. The molecule has 0 spiro atoms. The molecule has 2 heteroatoms. The third-order valence-electron chi connectivity index (χ3n) is 3.02. The molecule has 0 aromatic rings. The Kier molecular flexibility index (Phi) is 9.89. The van der Waals surface area contributed by atoms with Gasteiger partial charge in [-0.2, -0.15) is 0 Å². The normalized spacial score (nSPS) is 12.1. The van der Waals surface area contributed by atoms with Crippen molar-refractivity contribution in [3.63, 3.8) is 0 Å². The number of carboxylic acid groups (broad SMARTS) is 1. The first-order valence-electron chi connectivity index (χ1n) is 6.94.